The van der Waals surface area contributed by atoms with E-state index in [4.69, 9.17) is 13.6 Å². The van der Waals surface area contributed by atoms with Gasteiger partial charge in [-0.2, -0.15) is 0 Å². The highest BCUT2D eigenvalue weighted by atomic mass is 28.4. The van der Waals surface area contributed by atoms with E-state index in [-0.39, 0.29) is 17.1 Å². The van der Waals surface area contributed by atoms with Gasteiger partial charge in [-0.05, 0) is 55.1 Å². The van der Waals surface area contributed by atoms with Crippen LogP contribution in [-0.4, -0.2) is 26.4 Å². The molecular formula is C30H41NO4Si. The molecule has 1 heterocycles. The highest BCUT2D eigenvalue weighted by molar-refractivity contribution is 6.74. The monoisotopic (exact) mass is 507 g/mol. The van der Waals surface area contributed by atoms with Crippen LogP contribution in [0.2, 0.25) is 18.1 Å². The van der Waals surface area contributed by atoms with Crippen molar-refractivity contribution in [2.24, 2.45) is 0 Å². The Morgan fingerprint density at radius 1 is 0.972 bits per heavy atom. The van der Waals surface area contributed by atoms with E-state index in [0.29, 0.717) is 17.2 Å². The predicted octanol–water partition coefficient (Wildman–Crippen LogP) is 8.38. The van der Waals surface area contributed by atoms with E-state index in [1.54, 1.807) is 18.3 Å². The summed E-state index contributed by atoms with van der Waals surface area (Å²) in [5.74, 6) is 0.954. The lowest BCUT2D eigenvalue weighted by Gasteiger charge is -2.38. The van der Waals surface area contributed by atoms with E-state index in [2.05, 4.69) is 69.2 Å². The molecule has 1 aromatic heterocycles. The summed E-state index contributed by atoms with van der Waals surface area (Å²) in [5, 5.41) is 0.0973. The van der Waals surface area contributed by atoms with Crippen molar-refractivity contribution in [2.45, 2.75) is 83.5 Å². The molecule has 194 valence electrons. The van der Waals surface area contributed by atoms with E-state index in [0.717, 1.165) is 31.2 Å². The van der Waals surface area contributed by atoms with Crippen LogP contribution in [0.1, 0.15) is 80.8 Å². The first-order valence-corrected chi connectivity index (χ1v) is 15.9. The van der Waals surface area contributed by atoms with Crippen LogP contribution in [0.25, 0.3) is 11.3 Å². The second-order valence-corrected chi connectivity index (χ2v) is 15.7. The summed E-state index contributed by atoms with van der Waals surface area (Å²) in [6.45, 7) is 11.3. The van der Waals surface area contributed by atoms with Gasteiger partial charge in [0.1, 0.15) is 6.10 Å². The molecule has 0 fully saturated rings. The van der Waals surface area contributed by atoms with E-state index < -0.39 is 8.32 Å². The predicted molar refractivity (Wildman–Crippen MR) is 148 cm³/mol. The number of carbonyl (C=O) groups is 1. The molecule has 6 heteroatoms. The van der Waals surface area contributed by atoms with Gasteiger partial charge in [-0.15, -0.1) is 0 Å². The number of rotatable bonds is 12. The van der Waals surface area contributed by atoms with Crippen LogP contribution >= 0.6 is 0 Å². The number of esters is 1. The quantitative estimate of drug-likeness (QED) is 0.140. The van der Waals surface area contributed by atoms with Gasteiger partial charge in [0, 0.05) is 5.56 Å². The molecule has 0 radical (unpaired) electrons. The van der Waals surface area contributed by atoms with Gasteiger partial charge in [0.2, 0.25) is 5.89 Å². The van der Waals surface area contributed by atoms with Gasteiger partial charge in [-0.1, -0.05) is 82.5 Å². The smallest absolute Gasteiger partial charge is 0.337 e. The molecule has 0 bridgehead atoms. The second kappa shape index (κ2) is 12.5. The first-order chi connectivity index (χ1) is 17.1. The van der Waals surface area contributed by atoms with Crippen molar-refractivity contribution in [3.8, 4) is 11.3 Å². The summed E-state index contributed by atoms with van der Waals surface area (Å²) >= 11 is 0. The summed E-state index contributed by atoms with van der Waals surface area (Å²) in [7, 11) is -0.636. The van der Waals surface area contributed by atoms with Crippen molar-refractivity contribution in [2.75, 3.05) is 7.11 Å². The molecule has 3 aromatic rings. The van der Waals surface area contributed by atoms with Crippen molar-refractivity contribution in [1.82, 2.24) is 4.98 Å². The summed E-state index contributed by atoms with van der Waals surface area (Å²) < 4.78 is 17.8. The average molecular weight is 508 g/mol. The first kappa shape index (κ1) is 27.9. The summed E-state index contributed by atoms with van der Waals surface area (Å²) in [4.78, 5) is 16.4. The minimum Gasteiger partial charge on any atom is -0.465 e. The molecule has 0 aliphatic carbocycles. The number of carbonyl (C=O) groups excluding carboxylic acids is 1. The molecule has 0 saturated carbocycles. The fourth-order valence-corrected chi connectivity index (χ4v) is 5.16. The van der Waals surface area contributed by atoms with Crippen molar-refractivity contribution in [3.05, 3.63) is 77.8 Å². The molecule has 0 amide bonds. The molecule has 1 atom stereocenters. The Morgan fingerprint density at radius 2 is 1.64 bits per heavy atom. The summed E-state index contributed by atoms with van der Waals surface area (Å²) in [6, 6.07) is 17.9. The third kappa shape index (κ3) is 7.65. The van der Waals surface area contributed by atoms with Crippen LogP contribution in [0.5, 0.6) is 0 Å². The van der Waals surface area contributed by atoms with Crippen molar-refractivity contribution in [3.63, 3.8) is 0 Å². The minimum absolute atomic E-state index is 0.0973. The standard InChI is InChI=1S/C30H41NO4Si/c1-30(2,3)36(5,6)35-26(17-13-8-7-10-14-23-15-11-9-12-16-23)28-31-22-27(34-28)24-18-20-25(21-19-24)29(32)33-4/h9,11-12,15-16,18-22,26H,7-8,10,13-14,17H2,1-6H3. The zero-order chi connectivity index (χ0) is 26.2. The molecule has 2 aromatic carbocycles. The molecular weight excluding hydrogens is 466 g/mol. The number of unbranched alkanes of at least 4 members (excludes halogenated alkanes) is 3. The number of oxazole rings is 1. The first-order valence-electron chi connectivity index (χ1n) is 13.0. The topological polar surface area (TPSA) is 61.6 Å². The van der Waals surface area contributed by atoms with Crippen LogP contribution in [-0.2, 0) is 15.6 Å². The molecule has 3 rings (SSSR count). The number of benzene rings is 2. The molecule has 0 saturated heterocycles. The Kier molecular flexibility index (Phi) is 9.68. The summed E-state index contributed by atoms with van der Waals surface area (Å²) in [5.41, 5.74) is 2.78. The van der Waals surface area contributed by atoms with Crippen molar-refractivity contribution >= 4 is 14.3 Å². The fraction of sp³-hybridized carbons (Fsp3) is 0.467. The van der Waals surface area contributed by atoms with Gasteiger partial charge >= 0.3 is 5.97 Å². The van der Waals surface area contributed by atoms with Crippen LogP contribution in [0, 0.1) is 0 Å². The number of aromatic nitrogens is 1. The third-order valence-electron chi connectivity index (χ3n) is 7.16. The highest BCUT2D eigenvalue weighted by Crippen LogP contribution is 2.41. The lowest BCUT2D eigenvalue weighted by Crippen LogP contribution is -2.41. The molecule has 36 heavy (non-hydrogen) atoms. The zero-order valence-corrected chi connectivity index (χ0v) is 23.7. The normalized spacial score (nSPS) is 12.9. The second-order valence-electron chi connectivity index (χ2n) is 10.9. The van der Waals surface area contributed by atoms with Crippen LogP contribution in [0.4, 0.5) is 0 Å². The maximum Gasteiger partial charge on any atom is 0.337 e. The lowest BCUT2D eigenvalue weighted by molar-refractivity contribution is 0.0600. The van der Waals surface area contributed by atoms with Crippen LogP contribution in [0.3, 0.4) is 0 Å². The van der Waals surface area contributed by atoms with Gasteiger partial charge in [-0.25, -0.2) is 9.78 Å². The van der Waals surface area contributed by atoms with E-state index in [1.807, 2.05) is 12.1 Å². The Morgan fingerprint density at radius 3 is 2.28 bits per heavy atom. The maximum atomic E-state index is 11.7. The molecule has 0 spiro atoms. The van der Waals surface area contributed by atoms with E-state index in [9.17, 15) is 4.79 Å². The Balaban J connectivity index is 1.65. The number of hydrogen-bond acceptors (Lipinski definition) is 5. The molecule has 1 unspecified atom stereocenters. The average Bonchev–Trinajstić information content (AvgIpc) is 3.35. The Bertz CT molecular complexity index is 1080. The SMILES string of the molecule is COC(=O)c1ccc(-c2cnc(C(CCCCCCc3ccccc3)O[Si](C)(C)C(C)(C)C)o2)cc1. The van der Waals surface area contributed by atoms with Gasteiger partial charge < -0.3 is 13.6 Å². The Hall–Kier alpha value is -2.70. The van der Waals surface area contributed by atoms with Crippen LogP contribution in [0.15, 0.2) is 65.2 Å². The summed E-state index contributed by atoms with van der Waals surface area (Å²) in [6.07, 6.45) is 8.23. The van der Waals surface area contributed by atoms with Gasteiger partial charge in [0.25, 0.3) is 0 Å². The molecule has 0 aliphatic rings. The maximum absolute atomic E-state index is 11.7. The Labute approximate surface area is 217 Å². The third-order valence-corrected chi connectivity index (χ3v) is 11.6. The van der Waals surface area contributed by atoms with Crippen molar-refractivity contribution in [1.29, 1.82) is 0 Å². The molecule has 0 N–H and O–H groups in total. The molecule has 0 aliphatic heterocycles. The minimum atomic E-state index is -2.02. The molecule has 5 nitrogen and oxygen atoms in total. The van der Waals surface area contributed by atoms with Crippen molar-refractivity contribution < 1.29 is 18.4 Å². The van der Waals surface area contributed by atoms with Gasteiger partial charge in [0.15, 0.2) is 14.1 Å². The number of ether oxygens (including phenoxy) is 1. The van der Waals surface area contributed by atoms with Gasteiger partial charge in [0.05, 0.1) is 18.9 Å². The zero-order valence-electron chi connectivity index (χ0n) is 22.7. The number of hydrogen-bond donors (Lipinski definition) is 0. The lowest BCUT2D eigenvalue weighted by atomic mass is 10.0. The number of aryl methyl sites for hydroxylation is 1. The number of methoxy groups -OCH3 is 1. The number of nitrogens with zero attached hydrogens (tertiary/aromatic N) is 1. The largest absolute Gasteiger partial charge is 0.465 e. The van der Waals surface area contributed by atoms with Crippen LogP contribution < -0.4 is 0 Å². The highest BCUT2D eigenvalue weighted by Gasteiger charge is 2.40. The van der Waals surface area contributed by atoms with Gasteiger partial charge in [-0.3, -0.25) is 0 Å². The fourth-order valence-electron chi connectivity index (χ4n) is 3.88. The van der Waals surface area contributed by atoms with E-state index >= 15 is 0 Å². The van der Waals surface area contributed by atoms with E-state index in [1.165, 1.54) is 25.5 Å².